The van der Waals surface area contributed by atoms with E-state index in [0.29, 0.717) is 50.7 Å². The average Bonchev–Trinajstić information content (AvgIpc) is 3.58. The highest BCUT2D eigenvalue weighted by Gasteiger charge is 2.49. The molecule has 4 aliphatic rings. The molecule has 4 saturated heterocycles. The van der Waals surface area contributed by atoms with Crippen molar-refractivity contribution in [2.24, 2.45) is 0 Å². The number of fused-ring (bicyclic) bond motifs is 4. The molecule has 57 heavy (non-hydrogen) atoms. The van der Waals surface area contributed by atoms with E-state index in [9.17, 15) is 32.1 Å². The molecule has 1 aromatic rings. The minimum absolute atomic E-state index is 0.00169. The minimum atomic E-state index is -5.03. The largest absolute Gasteiger partial charge is 0.724 e. The summed E-state index contributed by atoms with van der Waals surface area (Å²) in [7, 11) is -5.03. The summed E-state index contributed by atoms with van der Waals surface area (Å²) >= 11 is 0.929. The Morgan fingerprint density at radius 3 is 1.68 bits per heavy atom. The first kappa shape index (κ1) is 49.8. The van der Waals surface area contributed by atoms with Gasteiger partial charge in [0.1, 0.15) is 18.7 Å². The number of benzene rings is 1. The van der Waals surface area contributed by atoms with Crippen LogP contribution in [0.3, 0.4) is 0 Å². The molecule has 326 valence electrons. The van der Waals surface area contributed by atoms with E-state index in [-0.39, 0.29) is 24.5 Å². The summed E-state index contributed by atoms with van der Waals surface area (Å²) in [6, 6.07) is 6.84. The maximum absolute atomic E-state index is 12.6. The molecule has 4 atom stereocenters. The molecule has 4 fully saturated rings. The molecule has 21 nitrogen and oxygen atoms in total. The number of nitrogens with zero attached hydrogens (tertiary/aromatic N) is 5. The van der Waals surface area contributed by atoms with Crippen molar-refractivity contribution in [2.45, 2.75) is 104 Å². The molecule has 6 amide bonds. The van der Waals surface area contributed by atoms with Crippen molar-refractivity contribution < 1.29 is 65.6 Å². The van der Waals surface area contributed by atoms with E-state index in [1.54, 1.807) is 11.2 Å². The van der Waals surface area contributed by atoms with Crippen LogP contribution in [0.5, 0.6) is 0 Å². The molecule has 5 rings (SSSR count). The molecule has 0 aliphatic carbocycles. The number of hydroxylamine groups is 6. The Morgan fingerprint density at radius 2 is 1.30 bits per heavy atom. The van der Waals surface area contributed by atoms with Gasteiger partial charge in [-0.25, -0.2) is 34.2 Å². The highest BCUT2D eigenvalue weighted by molar-refractivity contribution is 7.93. The Bertz CT molecular complexity index is 1460. The highest BCUT2D eigenvalue weighted by atomic mass is 32.3. The van der Waals surface area contributed by atoms with Crippen molar-refractivity contribution in [3.8, 4) is 0 Å². The van der Waals surface area contributed by atoms with Gasteiger partial charge in [0.25, 0.3) is 11.8 Å². The second-order valence-electron chi connectivity index (χ2n) is 12.8. The molecular formula is C34H58N7O14S2-. The van der Waals surface area contributed by atoms with E-state index in [1.807, 2.05) is 44.2 Å². The van der Waals surface area contributed by atoms with Crippen LogP contribution in [0.2, 0.25) is 0 Å². The summed E-state index contributed by atoms with van der Waals surface area (Å²) < 4.78 is 39.8. The monoisotopic (exact) mass is 852 g/mol. The number of urea groups is 2. The number of carbonyl (C=O) groups excluding carboxylic acids is 4. The average molecular weight is 853 g/mol. The number of piperidine rings is 2. The van der Waals surface area contributed by atoms with Gasteiger partial charge in [0.05, 0.1) is 25.3 Å². The Balaban J connectivity index is 0.000000309. The lowest BCUT2D eigenvalue weighted by Crippen LogP contribution is -2.49. The molecule has 1 aromatic carbocycles. The quantitative estimate of drug-likeness (QED) is 0.0480. The third-order valence-electron chi connectivity index (χ3n) is 9.03. The Kier molecular flexibility index (Phi) is 23.2. The van der Waals surface area contributed by atoms with Gasteiger partial charge in [0.15, 0.2) is 0 Å². The number of hydrogen-bond donors (Lipinski definition) is 3. The fourth-order valence-corrected chi connectivity index (χ4v) is 6.62. The van der Waals surface area contributed by atoms with Crippen LogP contribution in [-0.4, -0.2) is 143 Å². The maximum atomic E-state index is 12.6. The lowest BCUT2D eigenvalue weighted by Gasteiger charge is -2.28. The number of nitrogens with one attached hydrogen (secondary N) is 2. The van der Waals surface area contributed by atoms with E-state index in [0.717, 1.165) is 36.9 Å². The number of rotatable bonds is 18. The molecule has 0 spiro atoms. The van der Waals surface area contributed by atoms with Crippen LogP contribution < -0.4 is 11.0 Å². The number of hydrogen-bond acceptors (Lipinski definition) is 16. The second-order valence-corrected chi connectivity index (χ2v) is 14.3. The van der Waals surface area contributed by atoms with Crippen LogP contribution in [0.15, 0.2) is 30.3 Å². The predicted octanol–water partition coefficient (Wildman–Crippen LogP) is 2.98. The first-order chi connectivity index (χ1) is 27.3. The van der Waals surface area contributed by atoms with Crippen molar-refractivity contribution in [3.05, 3.63) is 35.9 Å². The van der Waals surface area contributed by atoms with Gasteiger partial charge in [-0.3, -0.25) is 24.1 Å². The molecular weight excluding hydrogens is 795 g/mol. The molecule has 4 bridgehead atoms. The van der Waals surface area contributed by atoms with Crippen molar-refractivity contribution >= 4 is 46.3 Å². The molecule has 23 heteroatoms. The van der Waals surface area contributed by atoms with Gasteiger partial charge < -0.3 is 19.3 Å². The van der Waals surface area contributed by atoms with Crippen molar-refractivity contribution in [1.82, 2.24) is 35.8 Å². The van der Waals surface area contributed by atoms with Crippen molar-refractivity contribution in [3.63, 3.8) is 0 Å². The van der Waals surface area contributed by atoms with E-state index in [4.69, 9.17) is 19.8 Å². The van der Waals surface area contributed by atoms with Crippen LogP contribution in [0.4, 0.5) is 9.59 Å². The van der Waals surface area contributed by atoms with E-state index in [2.05, 4.69) is 50.3 Å². The fraction of sp³-hybridized carbons (Fsp3) is 0.706. The van der Waals surface area contributed by atoms with Gasteiger partial charge in [-0.1, -0.05) is 70.0 Å². The van der Waals surface area contributed by atoms with Crippen LogP contribution >= 0.6 is 12.0 Å². The van der Waals surface area contributed by atoms with Crippen molar-refractivity contribution in [2.75, 3.05) is 52.2 Å². The topological polar surface area (TPSA) is 241 Å². The maximum Gasteiger partial charge on any atom is 0.346 e. The lowest BCUT2D eigenvalue weighted by atomic mass is 10.0. The van der Waals surface area contributed by atoms with Gasteiger partial charge >= 0.3 is 12.1 Å². The minimum Gasteiger partial charge on any atom is -0.724 e. The van der Waals surface area contributed by atoms with Crippen LogP contribution in [0.25, 0.3) is 0 Å². The number of amides is 6. The molecule has 0 aromatic heterocycles. The molecule has 4 heterocycles. The fourth-order valence-electron chi connectivity index (χ4n) is 6.18. The zero-order chi connectivity index (χ0) is 42.4. The van der Waals surface area contributed by atoms with Crippen LogP contribution in [-0.2, 0) is 54.8 Å². The molecule has 0 radical (unpaired) electrons. The normalized spacial score (nSPS) is 20.9. The first-order valence-electron chi connectivity index (χ1n) is 18.9. The summed E-state index contributed by atoms with van der Waals surface area (Å²) in [6.45, 7) is 15.7. The van der Waals surface area contributed by atoms with E-state index >= 15 is 0 Å². The summed E-state index contributed by atoms with van der Waals surface area (Å²) in [5.74, 6) is -0.748. The molecule has 0 unspecified atom stereocenters. The van der Waals surface area contributed by atoms with Gasteiger partial charge in [-0.05, 0) is 63.7 Å². The summed E-state index contributed by atoms with van der Waals surface area (Å²) in [5.41, 5.74) is 5.69. The smallest absolute Gasteiger partial charge is 0.346 e. The lowest BCUT2D eigenvalue weighted by molar-refractivity contribution is -0.432. The summed E-state index contributed by atoms with van der Waals surface area (Å²) in [4.78, 5) is 69.6. The summed E-state index contributed by atoms with van der Waals surface area (Å²) in [5, 5.41) is 12.4. The third kappa shape index (κ3) is 16.4. The van der Waals surface area contributed by atoms with Gasteiger partial charge in [-0.15, -0.1) is 4.33 Å². The molecule has 4 aliphatic heterocycles. The van der Waals surface area contributed by atoms with Crippen molar-refractivity contribution in [1.29, 1.82) is 0 Å². The first-order valence-corrected chi connectivity index (χ1v) is 21.4. The summed E-state index contributed by atoms with van der Waals surface area (Å²) in [6.07, 6.45) is 5.19. The zero-order valence-electron chi connectivity index (χ0n) is 33.4. The highest BCUT2D eigenvalue weighted by Crippen LogP contribution is 2.32. The van der Waals surface area contributed by atoms with Gasteiger partial charge in [0.2, 0.25) is 10.4 Å². The third-order valence-corrected chi connectivity index (χ3v) is 9.57. The van der Waals surface area contributed by atoms with Gasteiger partial charge in [-0.2, -0.15) is 14.4 Å². The van der Waals surface area contributed by atoms with Crippen LogP contribution in [0.1, 0.15) is 78.7 Å². The predicted molar refractivity (Wildman–Crippen MR) is 204 cm³/mol. The van der Waals surface area contributed by atoms with Crippen LogP contribution in [0, 0.1) is 0 Å². The van der Waals surface area contributed by atoms with E-state index in [1.165, 1.54) is 29.6 Å². The SMILES string of the molecule is CCCONC(=O)[C@@H]1CC[C@@H]2CN1C(=O)N2OCc1ccccc1.CCCONC(=O)[C@@H]1CC[C@@H]2CN1C(=O)N2OS(=O)(=O)[O-].CCN(CC)CC.CSOOO. The Morgan fingerprint density at radius 1 is 0.825 bits per heavy atom. The molecule has 0 saturated carbocycles. The Hall–Kier alpha value is -3.36. The number of carbonyl (C=O) groups is 4. The second kappa shape index (κ2) is 26.6. The van der Waals surface area contributed by atoms with E-state index < -0.39 is 40.5 Å². The standard InChI is InChI=1S/C17H23N3O4.C10H17N3O7S.C6H15N.CH4O3S/c1-2-10-23-18-16(21)15-9-8-14-11-19(15)17(22)20(14)24-12-13-6-4-3-5-7-13;1-2-5-19-11-9(14)8-4-3-7-6-12(8)10(15)13(7)20-21(16,17)18;1-4-7(5-2)6-3;1-5-4-3-2/h3-7,14-15H,2,8-12H2,1H3,(H,18,21);7-8H,2-6H2,1H3,(H,11,14)(H,16,17,18);4-6H2,1-3H3;2H,1H3/p-1/t14-,15+;7-,8+;;/m11../s1. The molecule has 3 N–H and O–H groups in total. The van der Waals surface area contributed by atoms with Gasteiger partial charge in [0, 0.05) is 31.4 Å². The zero-order valence-corrected chi connectivity index (χ0v) is 35.0. The Labute approximate surface area is 339 Å².